The number of halogens is 1. The molecule has 5 nitrogen and oxygen atoms in total. The molecule has 1 aromatic rings. The zero-order valence-electron chi connectivity index (χ0n) is 16.5. The van der Waals surface area contributed by atoms with Crippen LogP contribution in [0.3, 0.4) is 0 Å². The van der Waals surface area contributed by atoms with Gasteiger partial charge in [0, 0.05) is 38.3 Å². The van der Waals surface area contributed by atoms with Gasteiger partial charge in [-0.05, 0) is 69.7 Å². The van der Waals surface area contributed by atoms with Crippen LogP contribution < -0.4 is 10.2 Å². The Bertz CT molecular complexity index is 586. The van der Waals surface area contributed by atoms with Gasteiger partial charge in [0.15, 0.2) is 0 Å². The Hall–Kier alpha value is -1.33. The first-order valence-corrected chi connectivity index (χ1v) is 10.9. The number of rotatable bonds is 7. The number of likely N-dealkylation sites (tertiary alicyclic amines) is 1. The molecule has 2 fully saturated rings. The summed E-state index contributed by atoms with van der Waals surface area (Å²) in [5.74, 6) is 2.15. The van der Waals surface area contributed by atoms with Crippen molar-refractivity contribution in [1.29, 1.82) is 0 Å². The van der Waals surface area contributed by atoms with Crippen LogP contribution in [-0.4, -0.2) is 55.1 Å². The van der Waals surface area contributed by atoms with Gasteiger partial charge in [-0.2, -0.15) is 0 Å². The van der Waals surface area contributed by atoms with E-state index in [4.69, 9.17) is 11.6 Å². The van der Waals surface area contributed by atoms with Crippen LogP contribution in [-0.2, 0) is 4.79 Å². The first-order valence-electron chi connectivity index (χ1n) is 10.5. The number of anilines is 1. The van der Waals surface area contributed by atoms with Crippen molar-refractivity contribution in [3.63, 3.8) is 0 Å². The number of piperidine rings is 2. The molecular formula is C21H33ClN4O. The van der Waals surface area contributed by atoms with Gasteiger partial charge in [0.2, 0.25) is 5.91 Å². The Labute approximate surface area is 168 Å². The van der Waals surface area contributed by atoms with Crippen molar-refractivity contribution in [2.75, 3.05) is 44.2 Å². The molecule has 6 heteroatoms. The van der Waals surface area contributed by atoms with E-state index in [-0.39, 0.29) is 11.8 Å². The Morgan fingerprint density at radius 2 is 2.04 bits per heavy atom. The highest BCUT2D eigenvalue weighted by Gasteiger charge is 2.25. The SMILES string of the molecule is CC1CCCN(CCCCNC(=O)C2CCN(c3ccc(Cl)cn3)CC2)C1. The second-order valence-electron chi connectivity index (χ2n) is 8.14. The molecule has 27 heavy (non-hydrogen) atoms. The Kier molecular flexibility index (Phi) is 7.77. The summed E-state index contributed by atoms with van der Waals surface area (Å²) in [5.41, 5.74) is 0. The van der Waals surface area contributed by atoms with E-state index in [9.17, 15) is 4.79 Å². The summed E-state index contributed by atoms with van der Waals surface area (Å²) in [6, 6.07) is 3.82. The van der Waals surface area contributed by atoms with Crippen LogP contribution >= 0.6 is 11.6 Å². The van der Waals surface area contributed by atoms with Gasteiger partial charge in [0.25, 0.3) is 0 Å². The maximum absolute atomic E-state index is 12.4. The number of nitrogens with zero attached hydrogens (tertiary/aromatic N) is 3. The molecule has 0 bridgehead atoms. The van der Waals surface area contributed by atoms with E-state index in [0.29, 0.717) is 5.02 Å². The Balaban J connectivity index is 1.28. The minimum atomic E-state index is 0.136. The monoisotopic (exact) mass is 392 g/mol. The van der Waals surface area contributed by atoms with Crippen molar-refractivity contribution in [3.05, 3.63) is 23.4 Å². The van der Waals surface area contributed by atoms with Crippen LogP contribution in [0.4, 0.5) is 5.82 Å². The molecule has 0 radical (unpaired) electrons. The third-order valence-electron chi connectivity index (χ3n) is 5.84. The fourth-order valence-corrected chi connectivity index (χ4v) is 4.34. The Morgan fingerprint density at radius 1 is 1.22 bits per heavy atom. The van der Waals surface area contributed by atoms with Crippen LogP contribution in [0.25, 0.3) is 0 Å². The van der Waals surface area contributed by atoms with Crippen LogP contribution in [0.2, 0.25) is 5.02 Å². The fourth-order valence-electron chi connectivity index (χ4n) is 4.23. The molecule has 0 aromatic carbocycles. The number of nitrogens with one attached hydrogen (secondary N) is 1. The smallest absolute Gasteiger partial charge is 0.223 e. The molecule has 1 aromatic heterocycles. The lowest BCUT2D eigenvalue weighted by Gasteiger charge is -2.32. The van der Waals surface area contributed by atoms with Gasteiger partial charge < -0.3 is 15.1 Å². The Morgan fingerprint density at radius 3 is 2.74 bits per heavy atom. The van der Waals surface area contributed by atoms with Crippen molar-refractivity contribution in [2.45, 2.75) is 45.4 Å². The number of amides is 1. The summed E-state index contributed by atoms with van der Waals surface area (Å²) in [7, 11) is 0. The van der Waals surface area contributed by atoms with E-state index in [0.717, 1.165) is 50.6 Å². The number of carbonyl (C=O) groups excluding carboxylic acids is 1. The summed E-state index contributed by atoms with van der Waals surface area (Å²) >= 11 is 5.90. The molecule has 3 heterocycles. The molecule has 3 rings (SSSR count). The zero-order chi connectivity index (χ0) is 19.1. The van der Waals surface area contributed by atoms with Crippen molar-refractivity contribution >= 4 is 23.3 Å². The topological polar surface area (TPSA) is 48.5 Å². The number of carbonyl (C=O) groups is 1. The molecule has 0 aliphatic carbocycles. The van der Waals surface area contributed by atoms with E-state index in [1.54, 1.807) is 6.20 Å². The average molecular weight is 393 g/mol. The summed E-state index contributed by atoms with van der Waals surface area (Å²) in [5, 5.41) is 3.81. The van der Waals surface area contributed by atoms with Gasteiger partial charge in [0.1, 0.15) is 5.82 Å². The predicted octanol–water partition coefficient (Wildman–Crippen LogP) is 3.58. The maximum atomic E-state index is 12.4. The van der Waals surface area contributed by atoms with Gasteiger partial charge in [-0.15, -0.1) is 0 Å². The summed E-state index contributed by atoms with van der Waals surface area (Å²) in [6.45, 7) is 8.57. The van der Waals surface area contributed by atoms with Gasteiger partial charge in [0.05, 0.1) is 5.02 Å². The van der Waals surface area contributed by atoms with E-state index >= 15 is 0 Å². The zero-order valence-corrected chi connectivity index (χ0v) is 17.3. The third-order valence-corrected chi connectivity index (χ3v) is 6.07. The quantitative estimate of drug-likeness (QED) is 0.720. The highest BCUT2D eigenvalue weighted by Crippen LogP contribution is 2.23. The molecule has 0 saturated carbocycles. The summed E-state index contributed by atoms with van der Waals surface area (Å²) in [4.78, 5) is 21.6. The first-order chi connectivity index (χ1) is 13.1. The molecule has 2 aliphatic rings. The van der Waals surface area contributed by atoms with Gasteiger partial charge in [-0.25, -0.2) is 4.98 Å². The molecule has 150 valence electrons. The van der Waals surface area contributed by atoms with E-state index < -0.39 is 0 Å². The minimum Gasteiger partial charge on any atom is -0.357 e. The number of pyridine rings is 1. The molecule has 1 unspecified atom stereocenters. The lowest BCUT2D eigenvalue weighted by atomic mass is 9.96. The fraction of sp³-hybridized carbons (Fsp3) is 0.714. The third kappa shape index (κ3) is 6.35. The minimum absolute atomic E-state index is 0.136. The summed E-state index contributed by atoms with van der Waals surface area (Å²) in [6.07, 6.45) is 8.42. The largest absolute Gasteiger partial charge is 0.357 e. The highest BCUT2D eigenvalue weighted by atomic mass is 35.5. The number of unbranched alkanes of at least 4 members (excludes halogenated alkanes) is 1. The van der Waals surface area contributed by atoms with E-state index in [1.807, 2.05) is 12.1 Å². The van der Waals surface area contributed by atoms with E-state index in [1.165, 1.54) is 38.9 Å². The van der Waals surface area contributed by atoms with Gasteiger partial charge in [-0.1, -0.05) is 18.5 Å². The molecule has 1 amide bonds. The molecule has 1 atom stereocenters. The summed E-state index contributed by atoms with van der Waals surface area (Å²) < 4.78 is 0. The second-order valence-corrected chi connectivity index (χ2v) is 8.58. The maximum Gasteiger partial charge on any atom is 0.223 e. The van der Waals surface area contributed by atoms with Crippen molar-refractivity contribution in [2.24, 2.45) is 11.8 Å². The number of hydrogen-bond acceptors (Lipinski definition) is 4. The number of aromatic nitrogens is 1. The normalized spacial score (nSPS) is 22.0. The molecule has 1 N–H and O–H groups in total. The molecule has 0 spiro atoms. The van der Waals surface area contributed by atoms with Crippen molar-refractivity contribution in [3.8, 4) is 0 Å². The predicted molar refractivity (Wildman–Crippen MR) is 111 cm³/mol. The van der Waals surface area contributed by atoms with Crippen molar-refractivity contribution < 1.29 is 4.79 Å². The standard InChI is InChI=1S/C21H33ClN4O/c1-17-5-4-12-25(16-17)11-3-2-10-23-21(27)18-8-13-26(14-9-18)20-7-6-19(22)15-24-20/h6-7,15,17-18H,2-5,8-14,16H2,1H3,(H,23,27). The average Bonchev–Trinajstić information content (AvgIpc) is 2.68. The number of hydrogen-bond donors (Lipinski definition) is 1. The van der Waals surface area contributed by atoms with Crippen LogP contribution in [0.1, 0.15) is 45.4 Å². The lowest BCUT2D eigenvalue weighted by Crippen LogP contribution is -2.41. The highest BCUT2D eigenvalue weighted by molar-refractivity contribution is 6.30. The molecule has 2 aliphatic heterocycles. The second kappa shape index (κ2) is 10.3. The lowest BCUT2D eigenvalue weighted by molar-refractivity contribution is -0.125. The van der Waals surface area contributed by atoms with E-state index in [2.05, 4.69) is 27.0 Å². The van der Waals surface area contributed by atoms with Crippen LogP contribution in [0, 0.1) is 11.8 Å². The first kappa shape index (κ1) is 20.4. The molecule has 2 saturated heterocycles. The van der Waals surface area contributed by atoms with Crippen LogP contribution in [0.5, 0.6) is 0 Å². The van der Waals surface area contributed by atoms with Gasteiger partial charge >= 0.3 is 0 Å². The van der Waals surface area contributed by atoms with Crippen LogP contribution in [0.15, 0.2) is 18.3 Å². The van der Waals surface area contributed by atoms with Gasteiger partial charge in [-0.3, -0.25) is 4.79 Å². The van der Waals surface area contributed by atoms with Crippen molar-refractivity contribution in [1.82, 2.24) is 15.2 Å². The molecular weight excluding hydrogens is 360 g/mol.